The minimum atomic E-state index is -4.82. The van der Waals surface area contributed by atoms with E-state index in [1.165, 1.54) is 24.6 Å². The van der Waals surface area contributed by atoms with E-state index in [4.69, 9.17) is 4.74 Å². The Morgan fingerprint density at radius 1 is 0.833 bits per heavy atom. The molecule has 36 heavy (non-hydrogen) atoms. The first-order chi connectivity index (χ1) is 17.2. The van der Waals surface area contributed by atoms with Gasteiger partial charge in [0.25, 0.3) is 0 Å². The number of hydrogen-bond donors (Lipinski definition) is 0. The Morgan fingerprint density at radius 2 is 1.44 bits per heavy atom. The van der Waals surface area contributed by atoms with Gasteiger partial charge in [0.2, 0.25) is 0 Å². The molecule has 0 unspecified atom stereocenters. The Balaban J connectivity index is 1.61. The molecule has 0 N–H and O–H groups in total. The SMILES string of the molecule is CCC1CCC(CCc2c(F)cc(-c3ccccc3)c(Oc3ccc(OC(F)(F)F)cc3)c2F)CC1. The molecule has 0 amide bonds. The third-order valence-electron chi connectivity index (χ3n) is 6.98. The van der Waals surface area contributed by atoms with E-state index in [2.05, 4.69) is 11.7 Å². The summed E-state index contributed by atoms with van der Waals surface area (Å²) in [5.74, 6) is -0.704. The molecule has 3 aromatic rings. The number of benzene rings is 3. The number of hydrogen-bond acceptors (Lipinski definition) is 2. The minimum absolute atomic E-state index is 0.0284. The van der Waals surface area contributed by atoms with Crippen LogP contribution in [0.4, 0.5) is 22.0 Å². The van der Waals surface area contributed by atoms with Crippen LogP contribution in [0.1, 0.15) is 51.0 Å². The Kier molecular flexibility index (Phi) is 8.17. The molecular weight excluding hydrogens is 475 g/mol. The molecule has 1 aliphatic carbocycles. The first kappa shape index (κ1) is 26.0. The van der Waals surface area contributed by atoms with E-state index in [1.807, 2.05) is 0 Å². The van der Waals surface area contributed by atoms with Crippen molar-refractivity contribution in [2.75, 3.05) is 0 Å². The predicted octanol–water partition coefficient (Wildman–Crippen LogP) is 9.47. The zero-order valence-electron chi connectivity index (χ0n) is 20.1. The van der Waals surface area contributed by atoms with Gasteiger partial charge in [0.15, 0.2) is 11.6 Å². The number of alkyl halides is 3. The molecule has 1 fully saturated rings. The summed E-state index contributed by atoms with van der Waals surface area (Å²) in [5.41, 5.74) is 0.763. The molecule has 7 heteroatoms. The lowest BCUT2D eigenvalue weighted by molar-refractivity contribution is -0.274. The minimum Gasteiger partial charge on any atom is -0.454 e. The summed E-state index contributed by atoms with van der Waals surface area (Å²) in [6.07, 6.45) is 1.74. The van der Waals surface area contributed by atoms with Gasteiger partial charge in [-0.2, -0.15) is 0 Å². The quantitative estimate of drug-likeness (QED) is 0.285. The summed E-state index contributed by atoms with van der Waals surface area (Å²) in [6.45, 7) is 2.20. The van der Waals surface area contributed by atoms with Crippen LogP contribution in [0.25, 0.3) is 11.1 Å². The molecule has 0 spiro atoms. The maximum Gasteiger partial charge on any atom is 0.573 e. The van der Waals surface area contributed by atoms with Gasteiger partial charge in [-0.25, -0.2) is 8.78 Å². The molecule has 0 atom stereocenters. The average Bonchev–Trinajstić information content (AvgIpc) is 2.86. The second kappa shape index (κ2) is 11.3. The van der Waals surface area contributed by atoms with E-state index in [1.54, 1.807) is 30.3 Å². The highest BCUT2D eigenvalue weighted by Crippen LogP contribution is 2.40. The first-order valence-corrected chi connectivity index (χ1v) is 12.3. The lowest BCUT2D eigenvalue weighted by Crippen LogP contribution is -2.16. The summed E-state index contributed by atoms with van der Waals surface area (Å²) in [5, 5.41) is 0. The summed E-state index contributed by atoms with van der Waals surface area (Å²) >= 11 is 0. The van der Waals surface area contributed by atoms with E-state index in [-0.39, 0.29) is 29.0 Å². The smallest absolute Gasteiger partial charge is 0.454 e. The van der Waals surface area contributed by atoms with Gasteiger partial charge in [-0.1, -0.05) is 69.4 Å². The molecule has 0 aromatic heterocycles. The van der Waals surface area contributed by atoms with Gasteiger partial charge in [-0.05, 0) is 60.6 Å². The molecule has 192 valence electrons. The predicted molar refractivity (Wildman–Crippen MR) is 129 cm³/mol. The van der Waals surface area contributed by atoms with Crippen molar-refractivity contribution in [2.24, 2.45) is 11.8 Å². The van der Waals surface area contributed by atoms with Crippen molar-refractivity contribution in [3.8, 4) is 28.4 Å². The Hall–Kier alpha value is -3.09. The third kappa shape index (κ3) is 6.56. The maximum atomic E-state index is 15.8. The van der Waals surface area contributed by atoms with Crippen LogP contribution in [0, 0.1) is 23.5 Å². The lowest BCUT2D eigenvalue weighted by atomic mass is 9.78. The molecule has 0 bridgehead atoms. The fraction of sp³-hybridized carbons (Fsp3) is 0.379. The van der Waals surface area contributed by atoms with Crippen LogP contribution < -0.4 is 9.47 Å². The van der Waals surface area contributed by atoms with E-state index >= 15 is 8.78 Å². The summed E-state index contributed by atoms with van der Waals surface area (Å²) < 4.78 is 78.1. The maximum absolute atomic E-state index is 15.8. The summed E-state index contributed by atoms with van der Waals surface area (Å²) in [7, 11) is 0. The molecule has 0 saturated heterocycles. The van der Waals surface area contributed by atoms with Crippen molar-refractivity contribution in [1.29, 1.82) is 0 Å². The van der Waals surface area contributed by atoms with E-state index in [0.29, 0.717) is 17.9 Å². The zero-order chi connectivity index (χ0) is 25.7. The second-order valence-corrected chi connectivity index (χ2v) is 9.35. The fourth-order valence-corrected chi connectivity index (χ4v) is 4.90. The molecule has 1 aliphatic rings. The normalized spacial score (nSPS) is 18.2. The average molecular weight is 505 g/mol. The van der Waals surface area contributed by atoms with Gasteiger partial charge in [-0.3, -0.25) is 0 Å². The van der Waals surface area contributed by atoms with Crippen molar-refractivity contribution in [3.05, 3.63) is 77.9 Å². The van der Waals surface area contributed by atoms with Crippen LogP contribution in [0.5, 0.6) is 17.2 Å². The van der Waals surface area contributed by atoms with Gasteiger partial charge in [0, 0.05) is 11.1 Å². The molecule has 1 saturated carbocycles. The van der Waals surface area contributed by atoms with Gasteiger partial charge in [0.05, 0.1) is 0 Å². The molecule has 0 aliphatic heterocycles. The van der Waals surface area contributed by atoms with Crippen LogP contribution in [0.2, 0.25) is 0 Å². The van der Waals surface area contributed by atoms with Gasteiger partial charge >= 0.3 is 6.36 Å². The van der Waals surface area contributed by atoms with Crippen LogP contribution in [-0.4, -0.2) is 6.36 Å². The van der Waals surface area contributed by atoms with E-state index < -0.39 is 23.7 Å². The molecule has 2 nitrogen and oxygen atoms in total. The monoisotopic (exact) mass is 504 g/mol. The topological polar surface area (TPSA) is 18.5 Å². The van der Waals surface area contributed by atoms with Crippen LogP contribution in [0.3, 0.4) is 0 Å². The van der Waals surface area contributed by atoms with Crippen LogP contribution in [0.15, 0.2) is 60.7 Å². The molecule has 0 heterocycles. The van der Waals surface area contributed by atoms with E-state index in [0.717, 1.165) is 43.7 Å². The largest absolute Gasteiger partial charge is 0.573 e. The number of rotatable bonds is 8. The van der Waals surface area contributed by atoms with Crippen molar-refractivity contribution >= 4 is 0 Å². The van der Waals surface area contributed by atoms with Gasteiger partial charge < -0.3 is 9.47 Å². The highest BCUT2D eigenvalue weighted by atomic mass is 19.4. The number of ether oxygens (including phenoxy) is 2. The van der Waals surface area contributed by atoms with Crippen molar-refractivity contribution in [2.45, 2.75) is 58.2 Å². The number of halogens is 5. The Morgan fingerprint density at radius 3 is 2.06 bits per heavy atom. The highest BCUT2D eigenvalue weighted by Gasteiger charge is 2.31. The van der Waals surface area contributed by atoms with Crippen molar-refractivity contribution < 1.29 is 31.4 Å². The van der Waals surface area contributed by atoms with Crippen molar-refractivity contribution in [1.82, 2.24) is 0 Å². The van der Waals surface area contributed by atoms with Crippen LogP contribution >= 0.6 is 0 Å². The lowest BCUT2D eigenvalue weighted by Gasteiger charge is -2.28. The first-order valence-electron chi connectivity index (χ1n) is 12.3. The zero-order valence-corrected chi connectivity index (χ0v) is 20.1. The van der Waals surface area contributed by atoms with E-state index in [9.17, 15) is 13.2 Å². The fourth-order valence-electron chi connectivity index (χ4n) is 4.90. The van der Waals surface area contributed by atoms with Gasteiger partial charge in [-0.15, -0.1) is 13.2 Å². The summed E-state index contributed by atoms with van der Waals surface area (Å²) in [6, 6.07) is 14.7. The molecule has 4 rings (SSSR count). The molecular formula is C29H29F5O2. The van der Waals surface area contributed by atoms with Gasteiger partial charge in [0.1, 0.15) is 17.3 Å². The van der Waals surface area contributed by atoms with Crippen molar-refractivity contribution in [3.63, 3.8) is 0 Å². The standard InChI is InChI=1S/C29H29F5O2/c1-2-19-8-10-20(11-9-19)12-17-24-26(30)18-25(21-6-4-3-5-7-21)28(27(24)31)35-22-13-15-23(16-14-22)36-29(32,33)34/h3-7,13-16,18-20H,2,8-12,17H2,1H3. The molecule has 3 aromatic carbocycles. The highest BCUT2D eigenvalue weighted by molar-refractivity contribution is 5.72. The Labute approximate surface area is 208 Å². The second-order valence-electron chi connectivity index (χ2n) is 9.35. The van der Waals surface area contributed by atoms with Crippen LogP contribution in [-0.2, 0) is 6.42 Å². The summed E-state index contributed by atoms with van der Waals surface area (Å²) in [4.78, 5) is 0. The molecule has 0 radical (unpaired) electrons. The Bertz CT molecular complexity index is 1140. The third-order valence-corrected chi connectivity index (χ3v) is 6.98.